The molecule has 0 rings (SSSR count). The van der Waals surface area contributed by atoms with Crippen molar-refractivity contribution in [3.05, 3.63) is 12.2 Å². The normalized spacial score (nSPS) is 11.4. The lowest BCUT2D eigenvalue weighted by atomic mass is 10.1. The molecule has 0 aliphatic carbocycles. The predicted molar refractivity (Wildman–Crippen MR) is 82.9 cm³/mol. The summed E-state index contributed by atoms with van der Waals surface area (Å²) in [5.74, 6) is 0. The van der Waals surface area contributed by atoms with Gasteiger partial charge < -0.3 is 0 Å². The Morgan fingerprint density at radius 1 is 0.500 bits per heavy atom. The zero-order chi connectivity index (χ0) is 11.9. The van der Waals surface area contributed by atoms with Gasteiger partial charge in [0.25, 0.3) is 0 Å². The number of hydrogen-bond donors (Lipinski definition) is 0. The first-order chi connectivity index (χ1) is 7.91. The van der Waals surface area contributed by atoms with Crippen molar-refractivity contribution in [1.82, 2.24) is 0 Å². The van der Waals surface area contributed by atoms with Gasteiger partial charge in [-0.25, -0.2) is 0 Å². The molecule has 0 aliphatic heterocycles. The highest BCUT2D eigenvalue weighted by Gasteiger charge is 1.88. The smallest absolute Gasteiger partial charge is 0.00313 e. The molecular weight excluding hydrogens is 328 g/mol. The van der Waals surface area contributed by atoms with Gasteiger partial charge >= 0.3 is 0 Å². The van der Waals surface area contributed by atoms with Crippen molar-refractivity contribution < 1.29 is 0 Å². The van der Waals surface area contributed by atoms with Crippen LogP contribution in [0, 0.1) is 0 Å². The third-order valence-corrected chi connectivity index (χ3v) is 3.80. The molecule has 0 aromatic carbocycles. The molecule has 0 aromatic rings. The summed E-state index contributed by atoms with van der Waals surface area (Å²) in [7, 11) is 0. The van der Waals surface area contributed by atoms with E-state index in [1.807, 2.05) is 0 Å². The van der Waals surface area contributed by atoms with E-state index in [4.69, 9.17) is 0 Å². The summed E-state index contributed by atoms with van der Waals surface area (Å²) in [5, 5.41) is 2.33. The van der Waals surface area contributed by atoms with Crippen LogP contribution < -0.4 is 0 Å². The molecular formula is C14H26Br2. The van der Waals surface area contributed by atoms with Gasteiger partial charge in [-0.2, -0.15) is 0 Å². The minimum absolute atomic E-state index is 1.16. The van der Waals surface area contributed by atoms with Crippen LogP contribution in [0.3, 0.4) is 0 Å². The third kappa shape index (κ3) is 14.7. The first-order valence-corrected chi connectivity index (χ1v) is 8.93. The molecule has 0 saturated carbocycles. The predicted octanol–water partition coefficient (Wildman–Crippen LogP) is 6.23. The molecule has 2 heteroatoms. The Kier molecular flexibility index (Phi) is 16.4. The van der Waals surface area contributed by atoms with Crippen LogP contribution >= 0.6 is 31.9 Å². The number of unbranched alkanes of at least 4 members (excludes halogenated alkanes) is 8. The van der Waals surface area contributed by atoms with Crippen LogP contribution in [-0.2, 0) is 0 Å². The van der Waals surface area contributed by atoms with Crippen LogP contribution in [0.5, 0.6) is 0 Å². The van der Waals surface area contributed by atoms with Crippen LogP contribution in [-0.4, -0.2) is 10.7 Å². The standard InChI is InChI=1S/C14H26Br2/c15-13-11-9-7-5-3-1-2-4-6-8-10-12-14-16/h1-2H,3-14H2/b2-1-. The highest BCUT2D eigenvalue weighted by molar-refractivity contribution is 9.09. The Hall–Kier alpha value is 0.700. The van der Waals surface area contributed by atoms with Crippen molar-refractivity contribution in [2.24, 2.45) is 0 Å². The van der Waals surface area contributed by atoms with E-state index in [1.54, 1.807) is 0 Å². The van der Waals surface area contributed by atoms with E-state index >= 15 is 0 Å². The Morgan fingerprint density at radius 3 is 1.25 bits per heavy atom. The molecule has 0 fully saturated rings. The molecule has 0 unspecified atom stereocenters. The van der Waals surface area contributed by atoms with Crippen LogP contribution in [0.1, 0.15) is 64.2 Å². The largest absolute Gasteiger partial charge is 0.0928 e. The fraction of sp³-hybridized carbons (Fsp3) is 0.857. The number of allylic oxidation sites excluding steroid dienone is 2. The second-order valence-electron chi connectivity index (χ2n) is 4.26. The summed E-state index contributed by atoms with van der Waals surface area (Å²) in [4.78, 5) is 0. The maximum Gasteiger partial charge on any atom is 0.00313 e. The quantitative estimate of drug-likeness (QED) is 0.221. The lowest BCUT2D eigenvalue weighted by molar-refractivity contribution is 0.670. The summed E-state index contributed by atoms with van der Waals surface area (Å²) in [6.45, 7) is 0. The molecule has 0 atom stereocenters. The van der Waals surface area contributed by atoms with Crippen LogP contribution in [0.25, 0.3) is 0 Å². The fourth-order valence-electron chi connectivity index (χ4n) is 1.66. The second kappa shape index (κ2) is 15.7. The molecule has 0 nitrogen and oxygen atoms in total. The van der Waals surface area contributed by atoms with Crippen LogP contribution in [0.15, 0.2) is 12.2 Å². The van der Waals surface area contributed by atoms with Gasteiger partial charge in [-0.05, 0) is 38.5 Å². The average molecular weight is 354 g/mol. The van der Waals surface area contributed by atoms with Crippen molar-refractivity contribution in [1.29, 1.82) is 0 Å². The number of alkyl halides is 2. The first-order valence-electron chi connectivity index (χ1n) is 6.68. The molecule has 0 spiro atoms. The molecule has 96 valence electrons. The summed E-state index contributed by atoms with van der Waals surface area (Å²) in [5.41, 5.74) is 0. The van der Waals surface area contributed by atoms with E-state index in [0.717, 1.165) is 10.7 Å². The Balaban J connectivity index is 2.98. The molecule has 0 bridgehead atoms. The molecule has 0 N–H and O–H groups in total. The van der Waals surface area contributed by atoms with Crippen molar-refractivity contribution in [2.75, 3.05) is 10.7 Å². The fourth-order valence-corrected chi connectivity index (χ4v) is 2.45. The Bertz CT molecular complexity index is 128. The third-order valence-electron chi connectivity index (χ3n) is 2.68. The molecule has 0 saturated heterocycles. The van der Waals surface area contributed by atoms with Gasteiger partial charge in [-0.15, -0.1) is 0 Å². The molecule has 0 heterocycles. The minimum atomic E-state index is 1.16. The first kappa shape index (κ1) is 16.7. The SMILES string of the molecule is BrCCCCCC/C=C\CCCCCCBr. The van der Waals surface area contributed by atoms with Crippen LogP contribution in [0.4, 0.5) is 0 Å². The monoisotopic (exact) mass is 352 g/mol. The summed E-state index contributed by atoms with van der Waals surface area (Å²) < 4.78 is 0. The van der Waals surface area contributed by atoms with Crippen molar-refractivity contribution in [3.8, 4) is 0 Å². The number of halogens is 2. The minimum Gasteiger partial charge on any atom is -0.0928 e. The van der Waals surface area contributed by atoms with Gasteiger partial charge in [0.15, 0.2) is 0 Å². The molecule has 0 amide bonds. The summed E-state index contributed by atoms with van der Waals surface area (Å²) >= 11 is 6.92. The van der Waals surface area contributed by atoms with E-state index in [1.165, 1.54) is 64.2 Å². The van der Waals surface area contributed by atoms with Gasteiger partial charge in [0.1, 0.15) is 0 Å². The Labute approximate surface area is 119 Å². The zero-order valence-corrected chi connectivity index (χ0v) is 13.6. The topological polar surface area (TPSA) is 0 Å². The lowest BCUT2D eigenvalue weighted by Gasteiger charge is -1.97. The van der Waals surface area contributed by atoms with Gasteiger partial charge in [0.05, 0.1) is 0 Å². The van der Waals surface area contributed by atoms with E-state index in [0.29, 0.717) is 0 Å². The van der Waals surface area contributed by atoms with Crippen molar-refractivity contribution in [3.63, 3.8) is 0 Å². The van der Waals surface area contributed by atoms with Crippen LogP contribution in [0.2, 0.25) is 0 Å². The van der Waals surface area contributed by atoms with Crippen molar-refractivity contribution >= 4 is 31.9 Å². The molecule has 0 aliphatic rings. The average Bonchev–Trinajstić information content (AvgIpc) is 2.31. The summed E-state index contributed by atoms with van der Waals surface area (Å²) in [6, 6.07) is 0. The number of rotatable bonds is 12. The Morgan fingerprint density at radius 2 is 0.875 bits per heavy atom. The van der Waals surface area contributed by atoms with E-state index in [9.17, 15) is 0 Å². The number of hydrogen-bond acceptors (Lipinski definition) is 0. The molecule has 0 radical (unpaired) electrons. The lowest BCUT2D eigenvalue weighted by Crippen LogP contribution is -1.79. The van der Waals surface area contributed by atoms with Gasteiger partial charge in [0, 0.05) is 10.7 Å². The van der Waals surface area contributed by atoms with E-state index in [2.05, 4.69) is 44.0 Å². The molecule has 16 heavy (non-hydrogen) atoms. The summed E-state index contributed by atoms with van der Waals surface area (Å²) in [6.07, 6.45) is 18.2. The molecule has 0 aromatic heterocycles. The van der Waals surface area contributed by atoms with E-state index in [-0.39, 0.29) is 0 Å². The van der Waals surface area contributed by atoms with E-state index < -0.39 is 0 Å². The van der Waals surface area contributed by atoms with Crippen molar-refractivity contribution in [2.45, 2.75) is 64.2 Å². The van der Waals surface area contributed by atoms with Gasteiger partial charge in [-0.3, -0.25) is 0 Å². The second-order valence-corrected chi connectivity index (χ2v) is 5.84. The maximum absolute atomic E-state index is 3.46. The van der Waals surface area contributed by atoms with Gasteiger partial charge in [0.2, 0.25) is 0 Å². The maximum atomic E-state index is 3.46. The highest BCUT2D eigenvalue weighted by Crippen LogP contribution is 2.07. The highest BCUT2D eigenvalue weighted by atomic mass is 79.9. The zero-order valence-electron chi connectivity index (χ0n) is 10.4. The van der Waals surface area contributed by atoms with Gasteiger partial charge in [-0.1, -0.05) is 69.7 Å².